The Morgan fingerprint density at radius 1 is 1.07 bits per heavy atom. The van der Waals surface area contributed by atoms with Gasteiger partial charge in [-0.3, -0.25) is 9.59 Å². The molecule has 2 aromatic carbocycles. The smallest absolute Gasteiger partial charge is 0.303 e. The summed E-state index contributed by atoms with van der Waals surface area (Å²) in [6.45, 7) is 2.76. The number of hydrogen-bond donors (Lipinski definition) is 2. The summed E-state index contributed by atoms with van der Waals surface area (Å²) in [5.41, 5.74) is 2.90. The predicted molar refractivity (Wildman–Crippen MR) is 102 cm³/mol. The zero-order chi connectivity index (χ0) is 19.6. The molecule has 27 heavy (non-hydrogen) atoms. The zero-order valence-corrected chi connectivity index (χ0v) is 15.7. The van der Waals surface area contributed by atoms with Crippen molar-refractivity contribution in [2.45, 2.75) is 32.7 Å². The Bertz CT molecular complexity index is 771. The highest BCUT2D eigenvalue weighted by Crippen LogP contribution is 2.19. The van der Waals surface area contributed by atoms with Crippen LogP contribution in [0, 0.1) is 6.92 Å². The molecule has 0 saturated carbocycles. The molecule has 1 amide bonds. The van der Waals surface area contributed by atoms with Crippen molar-refractivity contribution in [3.63, 3.8) is 0 Å². The van der Waals surface area contributed by atoms with Gasteiger partial charge in [0, 0.05) is 13.0 Å². The van der Waals surface area contributed by atoms with E-state index in [1.807, 2.05) is 49.4 Å². The largest absolute Gasteiger partial charge is 0.496 e. The second-order valence-electron chi connectivity index (χ2n) is 6.25. The van der Waals surface area contributed by atoms with E-state index in [2.05, 4.69) is 5.32 Å². The van der Waals surface area contributed by atoms with Crippen LogP contribution in [0.2, 0.25) is 0 Å². The first-order valence-corrected chi connectivity index (χ1v) is 8.81. The van der Waals surface area contributed by atoms with Crippen LogP contribution in [0.15, 0.2) is 42.5 Å². The molecule has 6 heteroatoms. The third kappa shape index (κ3) is 7.01. The van der Waals surface area contributed by atoms with Crippen LogP contribution in [0.3, 0.4) is 0 Å². The van der Waals surface area contributed by atoms with Crippen LogP contribution < -0.4 is 14.8 Å². The van der Waals surface area contributed by atoms with Gasteiger partial charge in [0.05, 0.1) is 20.1 Å². The SMILES string of the molecule is COc1cc(CC(=O)NCc2ccc(OCCCC(=O)O)cc2)ccc1C. The Hall–Kier alpha value is -3.02. The molecule has 6 nitrogen and oxygen atoms in total. The van der Waals surface area contributed by atoms with E-state index in [4.69, 9.17) is 14.6 Å². The third-order valence-electron chi connectivity index (χ3n) is 4.05. The van der Waals surface area contributed by atoms with Crippen molar-refractivity contribution in [1.82, 2.24) is 5.32 Å². The van der Waals surface area contributed by atoms with E-state index in [0.29, 0.717) is 31.7 Å². The van der Waals surface area contributed by atoms with Gasteiger partial charge in [0.25, 0.3) is 0 Å². The van der Waals surface area contributed by atoms with Crippen LogP contribution in [0.25, 0.3) is 0 Å². The summed E-state index contributed by atoms with van der Waals surface area (Å²) in [5, 5.41) is 11.5. The normalized spacial score (nSPS) is 10.3. The van der Waals surface area contributed by atoms with Crippen LogP contribution in [0.5, 0.6) is 11.5 Å². The van der Waals surface area contributed by atoms with Gasteiger partial charge in [-0.1, -0.05) is 24.3 Å². The second-order valence-corrected chi connectivity index (χ2v) is 6.25. The molecule has 0 aromatic heterocycles. The van der Waals surface area contributed by atoms with Crippen LogP contribution in [-0.2, 0) is 22.6 Å². The van der Waals surface area contributed by atoms with Gasteiger partial charge in [-0.2, -0.15) is 0 Å². The molecule has 0 bridgehead atoms. The molecule has 144 valence electrons. The van der Waals surface area contributed by atoms with Crippen molar-refractivity contribution in [3.05, 3.63) is 59.2 Å². The van der Waals surface area contributed by atoms with Crippen molar-refractivity contribution < 1.29 is 24.2 Å². The van der Waals surface area contributed by atoms with Gasteiger partial charge in [0.2, 0.25) is 5.91 Å². The summed E-state index contributed by atoms with van der Waals surface area (Å²) < 4.78 is 10.8. The molecule has 0 radical (unpaired) electrons. The van der Waals surface area contributed by atoms with E-state index >= 15 is 0 Å². The van der Waals surface area contributed by atoms with Crippen LogP contribution in [0.4, 0.5) is 0 Å². The Labute approximate surface area is 159 Å². The number of aryl methyl sites for hydroxylation is 1. The molecule has 0 aliphatic rings. The number of benzene rings is 2. The Balaban J connectivity index is 1.77. The quantitative estimate of drug-likeness (QED) is 0.627. The number of rotatable bonds is 10. The standard InChI is InChI=1S/C21H25NO5/c1-15-5-6-17(12-19(15)26-2)13-20(23)22-14-16-7-9-18(10-8-16)27-11-3-4-21(24)25/h5-10,12H,3-4,11,13-14H2,1-2H3,(H,22,23)(H,24,25). The number of nitrogens with one attached hydrogen (secondary N) is 1. The number of carbonyl (C=O) groups excluding carboxylic acids is 1. The van der Waals surface area contributed by atoms with Gasteiger partial charge in [-0.05, 0) is 48.2 Å². The fourth-order valence-electron chi connectivity index (χ4n) is 2.54. The molecular weight excluding hydrogens is 346 g/mol. The van der Waals surface area contributed by atoms with Crippen molar-refractivity contribution >= 4 is 11.9 Å². The van der Waals surface area contributed by atoms with Gasteiger partial charge in [0.1, 0.15) is 11.5 Å². The van der Waals surface area contributed by atoms with E-state index in [9.17, 15) is 9.59 Å². The first-order valence-electron chi connectivity index (χ1n) is 8.81. The Kier molecular flexibility index (Phi) is 7.67. The predicted octanol–water partition coefficient (Wildman–Crippen LogP) is 3.11. The second kappa shape index (κ2) is 10.2. The molecule has 0 fully saturated rings. The lowest BCUT2D eigenvalue weighted by atomic mass is 10.1. The summed E-state index contributed by atoms with van der Waals surface area (Å²) in [7, 11) is 1.62. The Morgan fingerprint density at radius 3 is 2.44 bits per heavy atom. The number of methoxy groups -OCH3 is 1. The van der Waals surface area contributed by atoms with Crippen LogP contribution >= 0.6 is 0 Å². The van der Waals surface area contributed by atoms with Crippen molar-refractivity contribution in [1.29, 1.82) is 0 Å². The maximum absolute atomic E-state index is 12.1. The highest BCUT2D eigenvalue weighted by atomic mass is 16.5. The van der Waals surface area contributed by atoms with E-state index in [0.717, 1.165) is 22.4 Å². The number of ether oxygens (including phenoxy) is 2. The average Bonchev–Trinajstić information content (AvgIpc) is 2.66. The molecule has 0 saturated heterocycles. The first-order chi connectivity index (χ1) is 13.0. The molecule has 0 aliphatic carbocycles. The molecule has 2 rings (SSSR count). The van der Waals surface area contributed by atoms with E-state index in [-0.39, 0.29) is 12.3 Å². The number of carbonyl (C=O) groups is 2. The fourth-order valence-corrected chi connectivity index (χ4v) is 2.54. The van der Waals surface area contributed by atoms with E-state index < -0.39 is 5.97 Å². The highest BCUT2D eigenvalue weighted by molar-refractivity contribution is 5.78. The van der Waals surface area contributed by atoms with Crippen LogP contribution in [-0.4, -0.2) is 30.7 Å². The maximum atomic E-state index is 12.1. The molecule has 0 aliphatic heterocycles. The minimum absolute atomic E-state index is 0.0603. The summed E-state index contributed by atoms with van der Waals surface area (Å²) >= 11 is 0. The number of carboxylic acid groups (broad SMARTS) is 1. The van der Waals surface area contributed by atoms with E-state index in [1.54, 1.807) is 7.11 Å². The van der Waals surface area contributed by atoms with Gasteiger partial charge in [0.15, 0.2) is 0 Å². The minimum Gasteiger partial charge on any atom is -0.496 e. The minimum atomic E-state index is -0.825. The van der Waals surface area contributed by atoms with Crippen molar-refractivity contribution in [3.8, 4) is 11.5 Å². The summed E-state index contributed by atoms with van der Waals surface area (Å²) in [4.78, 5) is 22.6. The van der Waals surface area contributed by atoms with Crippen molar-refractivity contribution in [2.24, 2.45) is 0 Å². The lowest BCUT2D eigenvalue weighted by Crippen LogP contribution is -2.24. The lowest BCUT2D eigenvalue weighted by Gasteiger charge is -2.09. The number of aliphatic carboxylic acids is 1. The molecule has 0 unspecified atom stereocenters. The Morgan fingerprint density at radius 2 is 1.78 bits per heavy atom. The number of amides is 1. The highest BCUT2D eigenvalue weighted by Gasteiger charge is 2.06. The van der Waals surface area contributed by atoms with Gasteiger partial charge in [-0.25, -0.2) is 0 Å². The van der Waals surface area contributed by atoms with Crippen LogP contribution in [0.1, 0.15) is 29.5 Å². The van der Waals surface area contributed by atoms with Gasteiger partial charge < -0.3 is 19.9 Å². The molecule has 2 aromatic rings. The summed E-state index contributed by atoms with van der Waals surface area (Å²) in [6.07, 6.45) is 0.856. The summed E-state index contributed by atoms with van der Waals surface area (Å²) in [5.74, 6) is 0.574. The molecular formula is C21H25NO5. The topological polar surface area (TPSA) is 84.9 Å². The monoisotopic (exact) mass is 371 g/mol. The fraction of sp³-hybridized carbons (Fsp3) is 0.333. The van der Waals surface area contributed by atoms with E-state index in [1.165, 1.54) is 0 Å². The van der Waals surface area contributed by atoms with Gasteiger partial charge in [-0.15, -0.1) is 0 Å². The first kappa shape index (κ1) is 20.3. The zero-order valence-electron chi connectivity index (χ0n) is 15.7. The third-order valence-corrected chi connectivity index (χ3v) is 4.05. The summed E-state index contributed by atoms with van der Waals surface area (Å²) in [6, 6.07) is 13.1. The lowest BCUT2D eigenvalue weighted by molar-refractivity contribution is -0.137. The molecule has 0 heterocycles. The maximum Gasteiger partial charge on any atom is 0.303 e. The molecule has 2 N–H and O–H groups in total. The van der Waals surface area contributed by atoms with Gasteiger partial charge >= 0.3 is 5.97 Å². The number of hydrogen-bond acceptors (Lipinski definition) is 4. The number of carboxylic acids is 1. The molecule has 0 atom stereocenters. The van der Waals surface area contributed by atoms with Crippen molar-refractivity contribution in [2.75, 3.05) is 13.7 Å². The molecule has 0 spiro atoms. The average molecular weight is 371 g/mol.